The van der Waals surface area contributed by atoms with Crippen LogP contribution >= 0.6 is 11.3 Å². The van der Waals surface area contributed by atoms with E-state index in [1.807, 2.05) is 44.4 Å². The van der Waals surface area contributed by atoms with Crippen LogP contribution in [0, 0.1) is 12.8 Å². The largest absolute Gasteiger partial charge is 0.338 e. The number of aryl methyl sites for hydroxylation is 1. The minimum Gasteiger partial charge on any atom is -0.338 e. The Bertz CT molecular complexity index is 715. The van der Waals surface area contributed by atoms with Crippen LogP contribution in [-0.4, -0.2) is 34.9 Å². The molecule has 0 spiro atoms. The molecular weight excluding hydrogens is 336 g/mol. The molecule has 0 aliphatic heterocycles. The van der Waals surface area contributed by atoms with Gasteiger partial charge in [-0.05, 0) is 25.0 Å². The highest BCUT2D eigenvalue weighted by Gasteiger charge is 2.27. The van der Waals surface area contributed by atoms with Gasteiger partial charge < -0.3 is 15.5 Å². The van der Waals surface area contributed by atoms with E-state index in [0.717, 1.165) is 10.7 Å². The summed E-state index contributed by atoms with van der Waals surface area (Å²) in [6.07, 6.45) is 0. The Labute approximate surface area is 152 Å². The molecule has 1 unspecified atom stereocenters. The Hall–Kier alpha value is -2.41. The number of nitrogens with zero attached hydrogens (tertiary/aromatic N) is 2. The molecule has 25 heavy (non-hydrogen) atoms. The second-order valence-corrected chi connectivity index (χ2v) is 7.30. The van der Waals surface area contributed by atoms with Gasteiger partial charge in [-0.25, -0.2) is 9.78 Å². The predicted octanol–water partition coefficient (Wildman–Crippen LogP) is 3.26. The summed E-state index contributed by atoms with van der Waals surface area (Å²) in [7, 11) is 1.73. The Morgan fingerprint density at radius 3 is 2.48 bits per heavy atom. The number of likely N-dealkylation sites (N-methyl/N-ethyl adjacent to an activating group) is 1. The van der Waals surface area contributed by atoms with Crippen LogP contribution in [0.1, 0.15) is 24.5 Å². The van der Waals surface area contributed by atoms with Gasteiger partial charge in [-0.3, -0.25) is 4.79 Å². The Kier molecular flexibility index (Phi) is 6.52. The number of anilines is 1. The topological polar surface area (TPSA) is 74.3 Å². The van der Waals surface area contributed by atoms with E-state index in [0.29, 0.717) is 12.2 Å². The van der Waals surface area contributed by atoms with Crippen molar-refractivity contribution in [2.75, 3.05) is 12.4 Å². The van der Waals surface area contributed by atoms with Crippen LogP contribution < -0.4 is 10.6 Å². The van der Waals surface area contributed by atoms with Gasteiger partial charge in [-0.15, -0.1) is 11.3 Å². The molecule has 1 aromatic carbocycles. The molecule has 0 saturated heterocycles. The minimum atomic E-state index is -0.603. The SMILES string of the molecule is Cc1nc(CN(C)C(=O)C(NC(=O)Nc2ccccc2)C(C)C)cs1. The smallest absolute Gasteiger partial charge is 0.319 e. The van der Waals surface area contributed by atoms with Crippen molar-refractivity contribution in [3.63, 3.8) is 0 Å². The fraction of sp³-hybridized carbons (Fsp3) is 0.389. The van der Waals surface area contributed by atoms with E-state index >= 15 is 0 Å². The first-order valence-electron chi connectivity index (χ1n) is 8.15. The molecule has 0 radical (unpaired) electrons. The number of nitrogens with one attached hydrogen (secondary N) is 2. The van der Waals surface area contributed by atoms with Crippen LogP contribution in [-0.2, 0) is 11.3 Å². The van der Waals surface area contributed by atoms with E-state index in [-0.39, 0.29) is 11.8 Å². The van der Waals surface area contributed by atoms with Gasteiger partial charge in [-0.2, -0.15) is 0 Å². The van der Waals surface area contributed by atoms with Crippen molar-refractivity contribution in [3.05, 3.63) is 46.4 Å². The summed E-state index contributed by atoms with van der Waals surface area (Å²) in [6, 6.07) is 8.14. The van der Waals surface area contributed by atoms with Crippen LogP contribution in [0.25, 0.3) is 0 Å². The lowest BCUT2D eigenvalue weighted by Crippen LogP contribution is -2.51. The monoisotopic (exact) mass is 360 g/mol. The number of urea groups is 1. The lowest BCUT2D eigenvalue weighted by Gasteiger charge is -2.26. The van der Waals surface area contributed by atoms with Crippen LogP contribution in [0.15, 0.2) is 35.7 Å². The number of hydrogen-bond acceptors (Lipinski definition) is 4. The number of carbonyl (C=O) groups is 2. The van der Waals surface area contributed by atoms with Crippen molar-refractivity contribution in [2.24, 2.45) is 5.92 Å². The molecule has 1 aromatic heterocycles. The van der Waals surface area contributed by atoms with Gasteiger partial charge in [0.15, 0.2) is 0 Å². The average molecular weight is 360 g/mol. The molecule has 2 N–H and O–H groups in total. The highest BCUT2D eigenvalue weighted by Crippen LogP contribution is 2.13. The van der Waals surface area contributed by atoms with Gasteiger partial charge in [0.25, 0.3) is 0 Å². The van der Waals surface area contributed by atoms with Crippen LogP contribution in [0.5, 0.6) is 0 Å². The number of hydrogen-bond donors (Lipinski definition) is 2. The summed E-state index contributed by atoms with van der Waals surface area (Å²) in [5, 5.41) is 8.43. The third kappa shape index (κ3) is 5.56. The fourth-order valence-electron chi connectivity index (χ4n) is 2.38. The fourth-order valence-corrected chi connectivity index (χ4v) is 2.99. The number of aromatic nitrogens is 1. The number of thiazole rings is 1. The quantitative estimate of drug-likeness (QED) is 0.830. The van der Waals surface area contributed by atoms with E-state index in [9.17, 15) is 9.59 Å². The van der Waals surface area contributed by atoms with Crippen molar-refractivity contribution in [2.45, 2.75) is 33.4 Å². The first-order valence-corrected chi connectivity index (χ1v) is 9.03. The minimum absolute atomic E-state index is 0.0337. The number of benzene rings is 1. The van der Waals surface area contributed by atoms with Crippen molar-refractivity contribution >= 4 is 29.0 Å². The Balaban J connectivity index is 1.98. The molecule has 2 rings (SSSR count). The van der Waals surface area contributed by atoms with E-state index in [1.165, 1.54) is 0 Å². The summed E-state index contributed by atoms with van der Waals surface area (Å²) in [5.74, 6) is -0.169. The van der Waals surface area contributed by atoms with Gasteiger partial charge in [0.05, 0.1) is 17.2 Å². The van der Waals surface area contributed by atoms with Gasteiger partial charge >= 0.3 is 6.03 Å². The molecule has 2 aromatic rings. The lowest BCUT2D eigenvalue weighted by molar-refractivity contribution is -0.133. The van der Waals surface area contributed by atoms with E-state index < -0.39 is 12.1 Å². The zero-order chi connectivity index (χ0) is 18.4. The summed E-state index contributed by atoms with van der Waals surface area (Å²) in [5.41, 5.74) is 1.54. The maximum atomic E-state index is 12.7. The first kappa shape index (κ1) is 18.9. The third-order valence-electron chi connectivity index (χ3n) is 3.69. The highest BCUT2D eigenvalue weighted by atomic mass is 32.1. The number of amides is 3. The molecule has 1 atom stereocenters. The Morgan fingerprint density at radius 2 is 1.92 bits per heavy atom. The third-order valence-corrected chi connectivity index (χ3v) is 4.52. The maximum Gasteiger partial charge on any atom is 0.319 e. The number of carbonyl (C=O) groups excluding carboxylic acids is 2. The Morgan fingerprint density at radius 1 is 1.24 bits per heavy atom. The molecule has 3 amide bonds. The second kappa shape index (κ2) is 8.62. The van der Waals surface area contributed by atoms with E-state index in [4.69, 9.17) is 0 Å². The second-order valence-electron chi connectivity index (χ2n) is 6.24. The molecule has 0 saturated carbocycles. The summed E-state index contributed by atoms with van der Waals surface area (Å²) >= 11 is 1.56. The molecule has 7 heteroatoms. The molecule has 0 aliphatic carbocycles. The van der Waals surface area contributed by atoms with Crippen LogP contribution in [0.2, 0.25) is 0 Å². The molecule has 0 fully saturated rings. The summed E-state index contributed by atoms with van der Waals surface area (Å²) in [4.78, 5) is 30.9. The van der Waals surface area contributed by atoms with Crippen LogP contribution in [0.4, 0.5) is 10.5 Å². The molecule has 0 aliphatic rings. The number of rotatable bonds is 6. The van der Waals surface area contributed by atoms with Gasteiger partial charge in [-0.1, -0.05) is 32.0 Å². The zero-order valence-electron chi connectivity index (χ0n) is 14.9. The molecular formula is C18H24N4O2S. The van der Waals surface area contributed by atoms with Crippen molar-refractivity contribution in [1.29, 1.82) is 0 Å². The average Bonchev–Trinajstić information content (AvgIpc) is 2.97. The summed E-state index contributed by atoms with van der Waals surface area (Å²) < 4.78 is 0. The van der Waals surface area contributed by atoms with Crippen molar-refractivity contribution < 1.29 is 9.59 Å². The maximum absolute atomic E-state index is 12.7. The zero-order valence-corrected chi connectivity index (χ0v) is 15.8. The normalized spacial score (nSPS) is 11.9. The number of para-hydroxylation sites is 1. The van der Waals surface area contributed by atoms with Crippen LogP contribution in [0.3, 0.4) is 0 Å². The summed E-state index contributed by atoms with van der Waals surface area (Å²) in [6.45, 7) is 6.18. The first-order chi connectivity index (χ1) is 11.9. The van der Waals surface area contributed by atoms with E-state index in [2.05, 4.69) is 15.6 Å². The molecule has 1 heterocycles. The van der Waals surface area contributed by atoms with Gasteiger partial charge in [0, 0.05) is 18.1 Å². The van der Waals surface area contributed by atoms with Gasteiger partial charge in [0.1, 0.15) is 6.04 Å². The lowest BCUT2D eigenvalue weighted by atomic mass is 10.0. The van der Waals surface area contributed by atoms with Gasteiger partial charge in [0.2, 0.25) is 5.91 Å². The molecule has 134 valence electrons. The standard InChI is InChI=1S/C18H24N4O2S/c1-12(2)16(21-18(24)20-14-8-6-5-7-9-14)17(23)22(4)10-15-11-25-13(3)19-15/h5-9,11-12,16H,10H2,1-4H3,(H2,20,21,24). The van der Waals surface area contributed by atoms with E-state index in [1.54, 1.807) is 35.4 Å². The highest BCUT2D eigenvalue weighted by molar-refractivity contribution is 7.09. The molecule has 0 bridgehead atoms. The van der Waals surface area contributed by atoms with Crippen molar-refractivity contribution in [1.82, 2.24) is 15.2 Å². The predicted molar refractivity (Wildman–Crippen MR) is 101 cm³/mol. The molecule has 6 nitrogen and oxygen atoms in total. The van der Waals surface area contributed by atoms with Crippen molar-refractivity contribution in [3.8, 4) is 0 Å².